The first kappa shape index (κ1) is 20.1. The average Bonchev–Trinajstić information content (AvgIpc) is 2.64. The predicted molar refractivity (Wildman–Crippen MR) is 109 cm³/mol. The van der Waals surface area contributed by atoms with Crippen LogP contribution in [-0.4, -0.2) is 63.1 Å². The number of benzene rings is 1. The third kappa shape index (κ3) is 5.95. The Labute approximate surface area is 160 Å². The fourth-order valence-electron chi connectivity index (χ4n) is 2.82. The van der Waals surface area contributed by atoms with Crippen LogP contribution in [0.3, 0.4) is 0 Å². The van der Waals surface area contributed by atoms with Gasteiger partial charge in [-0.05, 0) is 25.0 Å². The average molecular weight is 378 g/mol. The van der Waals surface area contributed by atoms with E-state index >= 15 is 0 Å². The summed E-state index contributed by atoms with van der Waals surface area (Å²) in [6, 6.07) is 8.14. The quantitative estimate of drug-likeness (QED) is 0.453. The molecule has 1 amide bonds. The van der Waals surface area contributed by atoms with Crippen LogP contribution in [0, 0.1) is 0 Å². The zero-order valence-electron chi connectivity index (χ0n) is 15.5. The smallest absolute Gasteiger partial charge is 0.243 e. The molecule has 0 aromatic heterocycles. The number of guanidine groups is 1. The van der Waals surface area contributed by atoms with Crippen LogP contribution in [0.25, 0.3) is 0 Å². The third-order valence-electron chi connectivity index (χ3n) is 4.24. The number of piperidine rings is 1. The van der Waals surface area contributed by atoms with Gasteiger partial charge in [0.15, 0.2) is 5.96 Å². The lowest BCUT2D eigenvalue weighted by atomic mass is 10.0. The van der Waals surface area contributed by atoms with Crippen molar-refractivity contribution in [3.8, 4) is 0 Å². The first-order chi connectivity index (χ1) is 12.5. The zero-order valence-corrected chi connectivity index (χ0v) is 16.3. The molecular weight excluding hydrogens is 350 g/mol. The number of hydrogen-bond donors (Lipinski definition) is 2. The van der Waals surface area contributed by atoms with E-state index in [4.69, 9.17) is 11.6 Å². The third-order valence-corrected chi connectivity index (χ3v) is 4.56. The van der Waals surface area contributed by atoms with Crippen molar-refractivity contribution in [1.82, 2.24) is 15.5 Å². The molecule has 1 unspecified atom stereocenters. The second-order valence-electron chi connectivity index (χ2n) is 6.50. The van der Waals surface area contributed by atoms with Gasteiger partial charge >= 0.3 is 0 Å². The van der Waals surface area contributed by atoms with Gasteiger partial charge in [-0.25, -0.2) is 4.99 Å². The molecule has 1 aromatic rings. The normalized spacial score (nSPS) is 17.6. The molecule has 2 rings (SSSR count). The van der Waals surface area contributed by atoms with E-state index in [0.29, 0.717) is 12.5 Å². The molecule has 2 N–H and O–H groups in total. The number of nitrogens with zero attached hydrogens (tertiary/aromatic N) is 3. The van der Waals surface area contributed by atoms with E-state index in [0.717, 1.165) is 36.6 Å². The second-order valence-corrected chi connectivity index (χ2v) is 6.91. The molecule has 0 bridgehead atoms. The Morgan fingerprint density at radius 2 is 2.23 bits per heavy atom. The van der Waals surface area contributed by atoms with Crippen LogP contribution in [0.1, 0.15) is 12.8 Å². The van der Waals surface area contributed by atoms with Crippen molar-refractivity contribution in [2.24, 2.45) is 4.99 Å². The van der Waals surface area contributed by atoms with E-state index in [-0.39, 0.29) is 18.5 Å². The monoisotopic (exact) mass is 377 g/mol. The minimum atomic E-state index is -0.0361. The molecule has 0 aliphatic carbocycles. The van der Waals surface area contributed by atoms with Crippen molar-refractivity contribution in [3.05, 3.63) is 41.9 Å². The number of para-hydroxylation sites is 1. The molecule has 1 aromatic carbocycles. The summed E-state index contributed by atoms with van der Waals surface area (Å²) in [6.07, 6.45) is 3.87. The maximum atomic E-state index is 11.8. The van der Waals surface area contributed by atoms with Crippen LogP contribution in [0.4, 0.5) is 5.69 Å². The molecule has 1 heterocycles. The van der Waals surface area contributed by atoms with Crippen molar-refractivity contribution in [3.63, 3.8) is 0 Å². The highest BCUT2D eigenvalue weighted by Gasteiger charge is 2.22. The van der Waals surface area contributed by atoms with Crippen LogP contribution in [0.2, 0.25) is 5.02 Å². The summed E-state index contributed by atoms with van der Waals surface area (Å²) in [7, 11) is 3.45. The second kappa shape index (κ2) is 10.1. The van der Waals surface area contributed by atoms with Crippen LogP contribution in [0.15, 0.2) is 41.9 Å². The minimum Gasteiger partial charge on any atom is -0.368 e. The Bertz CT molecular complexity index is 647. The number of rotatable bonds is 6. The minimum absolute atomic E-state index is 0.0361. The summed E-state index contributed by atoms with van der Waals surface area (Å²) in [5.41, 5.74) is 1.06. The molecule has 6 nitrogen and oxygen atoms in total. The van der Waals surface area contributed by atoms with Crippen molar-refractivity contribution >= 4 is 29.2 Å². The number of carbonyl (C=O) groups is 1. The summed E-state index contributed by atoms with van der Waals surface area (Å²) in [4.78, 5) is 20.0. The molecule has 0 saturated carbocycles. The highest BCUT2D eigenvalue weighted by atomic mass is 35.5. The Hall–Kier alpha value is -2.21. The van der Waals surface area contributed by atoms with Gasteiger partial charge in [0.2, 0.25) is 5.91 Å². The summed E-state index contributed by atoms with van der Waals surface area (Å²) in [5.74, 6) is 0.595. The lowest BCUT2D eigenvalue weighted by molar-refractivity contribution is -0.127. The van der Waals surface area contributed by atoms with Crippen LogP contribution in [-0.2, 0) is 4.79 Å². The molecule has 0 radical (unpaired) electrons. The van der Waals surface area contributed by atoms with Gasteiger partial charge in [-0.15, -0.1) is 6.58 Å². The van der Waals surface area contributed by atoms with Gasteiger partial charge in [0.25, 0.3) is 0 Å². The number of amides is 1. The largest absolute Gasteiger partial charge is 0.368 e. The number of nitrogens with one attached hydrogen (secondary N) is 2. The maximum Gasteiger partial charge on any atom is 0.243 e. The van der Waals surface area contributed by atoms with Gasteiger partial charge < -0.3 is 20.4 Å². The highest BCUT2D eigenvalue weighted by molar-refractivity contribution is 6.33. The maximum absolute atomic E-state index is 11.8. The Morgan fingerprint density at radius 1 is 1.46 bits per heavy atom. The molecule has 1 aliphatic rings. The zero-order chi connectivity index (χ0) is 18.9. The summed E-state index contributed by atoms with van der Waals surface area (Å²) in [5, 5.41) is 7.39. The van der Waals surface area contributed by atoms with Gasteiger partial charge in [-0.2, -0.15) is 0 Å². The van der Waals surface area contributed by atoms with Gasteiger partial charge in [-0.3, -0.25) is 4.79 Å². The van der Waals surface area contributed by atoms with E-state index in [1.165, 1.54) is 4.90 Å². The fraction of sp³-hybridized carbons (Fsp3) is 0.474. The predicted octanol–water partition coefficient (Wildman–Crippen LogP) is 2.12. The fourth-order valence-corrected chi connectivity index (χ4v) is 3.08. The van der Waals surface area contributed by atoms with Gasteiger partial charge in [0.05, 0.1) is 10.7 Å². The molecule has 142 valence electrons. The van der Waals surface area contributed by atoms with Crippen LogP contribution >= 0.6 is 11.6 Å². The van der Waals surface area contributed by atoms with E-state index in [9.17, 15) is 4.79 Å². The van der Waals surface area contributed by atoms with Crippen molar-refractivity contribution in [2.75, 3.05) is 45.2 Å². The molecule has 1 aliphatic heterocycles. The number of carbonyl (C=O) groups excluding carboxylic acids is 1. The van der Waals surface area contributed by atoms with Crippen LogP contribution in [0.5, 0.6) is 0 Å². The SMILES string of the molecule is C=CCNC(=NCC(=O)N(C)C)NC1CCCN(c2ccccc2Cl)C1. The van der Waals surface area contributed by atoms with E-state index < -0.39 is 0 Å². The number of likely N-dealkylation sites (N-methyl/N-ethyl adjacent to an activating group) is 1. The summed E-state index contributed by atoms with van der Waals surface area (Å²) < 4.78 is 0. The lowest BCUT2D eigenvalue weighted by Crippen LogP contribution is -2.51. The van der Waals surface area contributed by atoms with Crippen molar-refractivity contribution in [1.29, 1.82) is 0 Å². The first-order valence-corrected chi connectivity index (χ1v) is 9.24. The van der Waals surface area contributed by atoms with E-state index in [1.807, 2.05) is 24.3 Å². The Morgan fingerprint density at radius 3 is 2.92 bits per heavy atom. The molecular formula is C19H28ClN5O. The summed E-state index contributed by atoms with van der Waals surface area (Å²) in [6.45, 7) is 6.23. The molecule has 1 atom stereocenters. The molecule has 1 saturated heterocycles. The van der Waals surface area contributed by atoms with Gasteiger partial charge in [0.1, 0.15) is 6.54 Å². The Balaban J connectivity index is 2.02. The number of anilines is 1. The topological polar surface area (TPSA) is 60.0 Å². The Kier molecular flexibility index (Phi) is 7.78. The van der Waals surface area contributed by atoms with E-state index in [1.54, 1.807) is 20.2 Å². The molecule has 26 heavy (non-hydrogen) atoms. The number of aliphatic imine (C=N–C) groups is 1. The standard InChI is InChI=1S/C19H28ClN5O/c1-4-11-21-19(22-13-18(26)24(2)3)23-15-8-7-12-25(14-15)17-10-6-5-9-16(17)20/h4-6,9-10,15H,1,7-8,11-14H2,2-3H3,(H2,21,22,23). The molecule has 7 heteroatoms. The molecule has 1 fully saturated rings. The number of hydrogen-bond acceptors (Lipinski definition) is 3. The van der Waals surface area contributed by atoms with E-state index in [2.05, 4.69) is 27.1 Å². The highest BCUT2D eigenvalue weighted by Crippen LogP contribution is 2.27. The number of halogens is 1. The first-order valence-electron chi connectivity index (χ1n) is 8.86. The van der Waals surface area contributed by atoms with Crippen LogP contribution < -0.4 is 15.5 Å². The molecule has 0 spiro atoms. The van der Waals surface area contributed by atoms with Gasteiger partial charge in [-0.1, -0.05) is 29.8 Å². The van der Waals surface area contributed by atoms with Crippen molar-refractivity contribution < 1.29 is 4.79 Å². The van der Waals surface area contributed by atoms with Gasteiger partial charge in [0, 0.05) is 39.8 Å². The van der Waals surface area contributed by atoms with Crippen molar-refractivity contribution in [2.45, 2.75) is 18.9 Å². The summed E-state index contributed by atoms with van der Waals surface area (Å²) >= 11 is 6.34. The lowest BCUT2D eigenvalue weighted by Gasteiger charge is -2.35.